The lowest BCUT2D eigenvalue weighted by atomic mass is 10.0. The van der Waals surface area contributed by atoms with Crippen LogP contribution in [0.5, 0.6) is 5.75 Å². The predicted molar refractivity (Wildman–Crippen MR) is 140 cm³/mol. The van der Waals surface area contributed by atoms with E-state index < -0.39 is 22.8 Å². The average molecular weight is 507 g/mol. The average Bonchev–Trinajstić information content (AvgIpc) is 3.39. The Bertz CT molecular complexity index is 1330. The summed E-state index contributed by atoms with van der Waals surface area (Å²) < 4.78 is 12.8. The third kappa shape index (κ3) is 6.30. The standard InChI is InChI=1S/C27H34N6O4/c1-25(2,3)37-24(34)31-27(6)9-10-32(16-27)22-8-7-18(13-29-22)21-11-20(36-17-26(4,5)35)15-33-23(21)19(12-28)14-30-33/h7-8,11,13-15,35H,9-10,16-17H2,1-6H3,(H,31,34)/t27-/m0/s1. The number of pyridine rings is 2. The topological polar surface area (TPSA) is 125 Å². The van der Waals surface area contributed by atoms with E-state index in [1.165, 1.54) is 6.20 Å². The van der Waals surface area contributed by atoms with Gasteiger partial charge in [0.2, 0.25) is 0 Å². The van der Waals surface area contributed by atoms with Crippen molar-refractivity contribution in [1.82, 2.24) is 19.9 Å². The molecule has 0 unspecified atom stereocenters. The number of carbonyl (C=O) groups is 1. The number of nitrogens with zero attached hydrogens (tertiary/aromatic N) is 5. The van der Waals surface area contributed by atoms with Crippen LogP contribution in [0.1, 0.15) is 53.5 Å². The fraction of sp³-hybridized carbons (Fsp3) is 0.481. The Hall–Kier alpha value is -3.84. The van der Waals surface area contributed by atoms with Gasteiger partial charge in [0.25, 0.3) is 0 Å². The zero-order valence-electron chi connectivity index (χ0n) is 22.2. The summed E-state index contributed by atoms with van der Waals surface area (Å²) in [5.74, 6) is 1.31. The lowest BCUT2D eigenvalue weighted by molar-refractivity contribution is 0.0283. The van der Waals surface area contributed by atoms with Crippen molar-refractivity contribution in [3.8, 4) is 22.9 Å². The molecule has 0 radical (unpaired) electrons. The number of ether oxygens (including phenoxy) is 2. The summed E-state index contributed by atoms with van der Waals surface area (Å²) in [5, 5.41) is 27.0. The molecule has 1 atom stereocenters. The summed E-state index contributed by atoms with van der Waals surface area (Å²) >= 11 is 0. The molecule has 0 saturated carbocycles. The predicted octanol–water partition coefficient (Wildman–Crippen LogP) is 3.91. The minimum Gasteiger partial charge on any atom is -0.489 e. The van der Waals surface area contributed by atoms with Crippen LogP contribution in [0.4, 0.5) is 10.6 Å². The summed E-state index contributed by atoms with van der Waals surface area (Å²) in [6.07, 6.45) is 5.30. The van der Waals surface area contributed by atoms with Crippen molar-refractivity contribution in [2.75, 3.05) is 24.6 Å². The smallest absolute Gasteiger partial charge is 0.408 e. The first-order valence-electron chi connectivity index (χ1n) is 12.2. The second-order valence-corrected chi connectivity index (χ2v) is 11.4. The highest BCUT2D eigenvalue weighted by Gasteiger charge is 2.37. The van der Waals surface area contributed by atoms with Crippen LogP contribution in [0.3, 0.4) is 0 Å². The molecule has 4 heterocycles. The minimum absolute atomic E-state index is 0.104. The third-order valence-electron chi connectivity index (χ3n) is 5.96. The Kier molecular flexibility index (Phi) is 6.78. The van der Waals surface area contributed by atoms with E-state index >= 15 is 0 Å². The number of fused-ring (bicyclic) bond motifs is 1. The number of aromatic nitrogens is 3. The van der Waals surface area contributed by atoms with Crippen molar-refractivity contribution >= 4 is 17.4 Å². The molecule has 1 aliphatic heterocycles. The zero-order valence-corrected chi connectivity index (χ0v) is 22.2. The van der Waals surface area contributed by atoms with Crippen molar-refractivity contribution in [3.05, 3.63) is 42.4 Å². The number of nitrogens with one attached hydrogen (secondary N) is 1. The van der Waals surface area contributed by atoms with Crippen LogP contribution in [-0.4, -0.2) is 62.2 Å². The molecule has 0 aromatic carbocycles. The van der Waals surface area contributed by atoms with Crippen LogP contribution in [0.2, 0.25) is 0 Å². The number of nitriles is 1. The van der Waals surface area contributed by atoms with Gasteiger partial charge in [0.1, 0.15) is 29.8 Å². The number of hydrogen-bond acceptors (Lipinski definition) is 8. The van der Waals surface area contributed by atoms with Crippen LogP contribution in [0, 0.1) is 11.3 Å². The van der Waals surface area contributed by atoms with E-state index in [0.717, 1.165) is 29.9 Å². The molecule has 0 spiro atoms. The van der Waals surface area contributed by atoms with Gasteiger partial charge >= 0.3 is 6.09 Å². The molecule has 10 heteroatoms. The van der Waals surface area contributed by atoms with E-state index in [1.807, 2.05) is 45.9 Å². The van der Waals surface area contributed by atoms with Crippen molar-refractivity contribution in [2.45, 2.75) is 64.7 Å². The van der Waals surface area contributed by atoms with Gasteiger partial charge in [-0.2, -0.15) is 10.4 Å². The van der Waals surface area contributed by atoms with Crippen molar-refractivity contribution in [1.29, 1.82) is 5.26 Å². The van der Waals surface area contributed by atoms with Crippen molar-refractivity contribution in [3.63, 3.8) is 0 Å². The molecule has 4 rings (SSSR count). The highest BCUT2D eigenvalue weighted by molar-refractivity contribution is 5.85. The first-order chi connectivity index (χ1) is 17.3. The number of anilines is 1. The quantitative estimate of drug-likeness (QED) is 0.516. The normalized spacial score (nSPS) is 18.1. The molecule has 1 aliphatic rings. The van der Waals surface area contributed by atoms with Gasteiger partial charge in [-0.15, -0.1) is 0 Å². The molecular formula is C27H34N6O4. The minimum atomic E-state index is -0.997. The Morgan fingerprint density at radius 1 is 1.27 bits per heavy atom. The van der Waals surface area contributed by atoms with Crippen LogP contribution >= 0.6 is 0 Å². The fourth-order valence-corrected chi connectivity index (χ4v) is 4.28. The number of rotatable bonds is 6. The molecule has 0 bridgehead atoms. The van der Waals surface area contributed by atoms with Gasteiger partial charge in [0, 0.05) is 30.4 Å². The SMILES string of the molecule is CC(C)(O)COc1cc(-c2ccc(N3CC[C@](C)(NC(=O)OC(C)(C)C)C3)nc2)c2c(C#N)cnn2c1. The van der Waals surface area contributed by atoms with E-state index in [-0.39, 0.29) is 6.61 Å². The number of alkyl carbamates (subject to hydrolysis) is 1. The van der Waals surface area contributed by atoms with Crippen LogP contribution < -0.4 is 15.0 Å². The van der Waals surface area contributed by atoms with Crippen molar-refractivity contribution < 1.29 is 19.4 Å². The molecule has 0 aliphatic carbocycles. The molecule has 3 aromatic rings. The van der Waals surface area contributed by atoms with E-state index in [9.17, 15) is 15.2 Å². The Morgan fingerprint density at radius 3 is 2.65 bits per heavy atom. The van der Waals surface area contributed by atoms with E-state index in [1.54, 1.807) is 30.8 Å². The van der Waals surface area contributed by atoms with Gasteiger partial charge in [0.05, 0.1) is 34.6 Å². The molecule has 1 fully saturated rings. The Morgan fingerprint density at radius 2 is 2.03 bits per heavy atom. The van der Waals surface area contributed by atoms with Gasteiger partial charge in [-0.05, 0) is 66.2 Å². The summed E-state index contributed by atoms with van der Waals surface area (Å²) in [6, 6.07) is 7.90. The number of carbonyl (C=O) groups excluding carboxylic acids is 1. The van der Waals surface area contributed by atoms with Gasteiger partial charge in [-0.1, -0.05) is 0 Å². The highest BCUT2D eigenvalue weighted by Crippen LogP contribution is 2.32. The summed E-state index contributed by atoms with van der Waals surface area (Å²) in [4.78, 5) is 19.1. The summed E-state index contributed by atoms with van der Waals surface area (Å²) in [6.45, 7) is 12.3. The molecule has 10 nitrogen and oxygen atoms in total. The lowest BCUT2D eigenvalue weighted by Gasteiger charge is -2.28. The van der Waals surface area contributed by atoms with Crippen molar-refractivity contribution in [2.24, 2.45) is 0 Å². The molecule has 37 heavy (non-hydrogen) atoms. The number of amides is 1. The summed E-state index contributed by atoms with van der Waals surface area (Å²) in [5.41, 5.74) is 0.662. The largest absolute Gasteiger partial charge is 0.489 e. The Labute approximate surface area is 216 Å². The first kappa shape index (κ1) is 26.2. The van der Waals surface area contributed by atoms with Crippen LogP contribution in [-0.2, 0) is 4.74 Å². The highest BCUT2D eigenvalue weighted by atomic mass is 16.6. The monoisotopic (exact) mass is 506 g/mol. The van der Waals surface area contributed by atoms with Gasteiger partial charge in [-0.25, -0.2) is 14.3 Å². The second-order valence-electron chi connectivity index (χ2n) is 11.4. The Balaban J connectivity index is 1.56. The van der Waals surface area contributed by atoms with E-state index in [4.69, 9.17) is 14.5 Å². The maximum atomic E-state index is 12.3. The van der Waals surface area contributed by atoms with Crippen LogP contribution in [0.15, 0.2) is 36.8 Å². The maximum Gasteiger partial charge on any atom is 0.408 e. The van der Waals surface area contributed by atoms with E-state index in [0.29, 0.717) is 23.4 Å². The molecular weight excluding hydrogens is 472 g/mol. The molecule has 196 valence electrons. The second kappa shape index (κ2) is 9.56. The van der Waals surface area contributed by atoms with E-state index in [2.05, 4.69) is 21.4 Å². The van der Waals surface area contributed by atoms with Gasteiger partial charge < -0.3 is 24.8 Å². The van der Waals surface area contributed by atoms with Gasteiger partial charge in [-0.3, -0.25) is 0 Å². The van der Waals surface area contributed by atoms with Crippen LogP contribution in [0.25, 0.3) is 16.6 Å². The lowest BCUT2D eigenvalue weighted by Crippen LogP contribution is -2.49. The molecule has 1 amide bonds. The maximum absolute atomic E-state index is 12.3. The first-order valence-corrected chi connectivity index (χ1v) is 12.2. The third-order valence-corrected chi connectivity index (χ3v) is 5.96. The number of hydrogen-bond donors (Lipinski definition) is 2. The molecule has 1 saturated heterocycles. The molecule has 2 N–H and O–H groups in total. The summed E-state index contributed by atoms with van der Waals surface area (Å²) in [7, 11) is 0. The number of aliphatic hydroxyl groups is 1. The van der Waals surface area contributed by atoms with Gasteiger partial charge in [0.15, 0.2) is 0 Å². The molecule has 3 aromatic heterocycles. The zero-order chi connectivity index (χ0) is 27.0. The fourth-order valence-electron chi connectivity index (χ4n) is 4.28.